The molecule has 0 unspecified atom stereocenters. The number of imide groups is 2. The van der Waals surface area contributed by atoms with Crippen LogP contribution in [0.2, 0.25) is 0 Å². The van der Waals surface area contributed by atoms with Crippen molar-refractivity contribution in [3.63, 3.8) is 0 Å². The highest BCUT2D eigenvalue weighted by atomic mass is 16.5. The maximum Gasteiger partial charge on any atom is 0.335 e. The molecule has 0 bridgehead atoms. The maximum absolute atomic E-state index is 13.3. The van der Waals surface area contributed by atoms with Crippen LogP contribution in [0, 0.1) is 13.8 Å². The molecule has 4 aromatic carbocycles. The van der Waals surface area contributed by atoms with Gasteiger partial charge in [0.15, 0.2) is 6.61 Å². The first kappa shape index (κ1) is 28.8. The molecule has 1 aliphatic rings. The molecule has 9 nitrogen and oxygen atoms in total. The number of nitrogens with zero attached hydrogens (tertiary/aromatic N) is 1. The molecule has 0 saturated carbocycles. The number of amides is 5. The fourth-order valence-corrected chi connectivity index (χ4v) is 4.36. The minimum Gasteiger partial charge on any atom is -0.489 e. The Morgan fingerprint density at radius 2 is 1.51 bits per heavy atom. The summed E-state index contributed by atoms with van der Waals surface area (Å²) in [6.45, 7) is 4.04. The van der Waals surface area contributed by atoms with Gasteiger partial charge in [-0.1, -0.05) is 54.6 Å². The van der Waals surface area contributed by atoms with Gasteiger partial charge < -0.3 is 14.8 Å². The number of carbonyl (C=O) groups is 4. The lowest BCUT2D eigenvalue weighted by Gasteiger charge is -2.26. The summed E-state index contributed by atoms with van der Waals surface area (Å²) in [5.41, 5.74) is 4.33. The van der Waals surface area contributed by atoms with E-state index >= 15 is 0 Å². The fourth-order valence-electron chi connectivity index (χ4n) is 4.36. The third kappa shape index (κ3) is 7.15. The van der Waals surface area contributed by atoms with Crippen molar-refractivity contribution in [3.8, 4) is 11.5 Å². The van der Waals surface area contributed by atoms with Gasteiger partial charge in [0.05, 0.1) is 5.69 Å². The predicted molar refractivity (Wildman–Crippen MR) is 163 cm³/mol. The minimum absolute atomic E-state index is 0.193. The van der Waals surface area contributed by atoms with E-state index in [4.69, 9.17) is 9.47 Å². The summed E-state index contributed by atoms with van der Waals surface area (Å²) in [4.78, 5) is 51.7. The van der Waals surface area contributed by atoms with Crippen LogP contribution in [0.5, 0.6) is 11.5 Å². The van der Waals surface area contributed by atoms with Crippen LogP contribution in [-0.2, 0) is 21.0 Å². The van der Waals surface area contributed by atoms with Crippen molar-refractivity contribution in [1.29, 1.82) is 0 Å². The van der Waals surface area contributed by atoms with Gasteiger partial charge in [-0.3, -0.25) is 19.7 Å². The fraction of sp³-hybridized carbons (Fsp3) is 0.118. The van der Waals surface area contributed by atoms with E-state index in [2.05, 4.69) is 10.6 Å². The van der Waals surface area contributed by atoms with E-state index < -0.39 is 17.8 Å². The third-order valence-corrected chi connectivity index (χ3v) is 6.67. The smallest absolute Gasteiger partial charge is 0.335 e. The summed E-state index contributed by atoms with van der Waals surface area (Å²) in [5, 5.41) is 5.06. The lowest BCUT2D eigenvalue weighted by Crippen LogP contribution is -2.54. The highest BCUT2D eigenvalue weighted by Gasteiger charge is 2.36. The largest absolute Gasteiger partial charge is 0.489 e. The molecule has 0 radical (unpaired) electrons. The van der Waals surface area contributed by atoms with E-state index in [9.17, 15) is 19.2 Å². The van der Waals surface area contributed by atoms with E-state index in [0.29, 0.717) is 23.7 Å². The monoisotopic (exact) mass is 575 g/mol. The van der Waals surface area contributed by atoms with Gasteiger partial charge in [0.25, 0.3) is 17.7 Å². The van der Waals surface area contributed by atoms with E-state index in [1.54, 1.807) is 48.5 Å². The standard InChI is InChI=1S/C34H29N3O6/c1-22-8-9-23(2)30(18-22)35-31(38)21-43-27-14-10-24(11-15-27)19-29-32(39)36-34(41)37(33(29)40)26-12-16-28(17-13-26)42-20-25-6-4-3-5-7-25/h3-19H,20-21H2,1-2H3,(H,35,38)(H,36,39,41)/b29-19-. The van der Waals surface area contributed by atoms with Gasteiger partial charge in [-0.15, -0.1) is 0 Å². The number of carbonyl (C=O) groups excluding carboxylic acids is 4. The SMILES string of the molecule is Cc1ccc(C)c(NC(=O)COc2ccc(/C=C3/C(=O)NC(=O)N(c4ccc(OCc5ccccc5)cc4)C3=O)cc2)c1. The van der Waals surface area contributed by atoms with Crippen LogP contribution in [0.15, 0.2) is 103 Å². The van der Waals surface area contributed by atoms with Gasteiger partial charge >= 0.3 is 6.03 Å². The Balaban J connectivity index is 1.22. The summed E-state index contributed by atoms with van der Waals surface area (Å²) >= 11 is 0. The molecular weight excluding hydrogens is 546 g/mol. The molecule has 2 N–H and O–H groups in total. The lowest BCUT2D eigenvalue weighted by atomic mass is 10.1. The van der Waals surface area contributed by atoms with Crippen molar-refractivity contribution in [2.45, 2.75) is 20.5 Å². The molecule has 5 amide bonds. The number of urea groups is 1. The third-order valence-electron chi connectivity index (χ3n) is 6.67. The summed E-state index contributed by atoms with van der Waals surface area (Å²) in [6, 6.07) is 27.6. The van der Waals surface area contributed by atoms with Crippen LogP contribution in [0.1, 0.15) is 22.3 Å². The van der Waals surface area contributed by atoms with Gasteiger partial charge in [0.2, 0.25) is 0 Å². The number of barbiturate groups is 1. The van der Waals surface area contributed by atoms with Crippen molar-refractivity contribution in [2.24, 2.45) is 0 Å². The van der Waals surface area contributed by atoms with E-state index in [1.807, 2.05) is 62.4 Å². The molecule has 1 saturated heterocycles. The highest BCUT2D eigenvalue weighted by molar-refractivity contribution is 6.39. The van der Waals surface area contributed by atoms with E-state index in [0.717, 1.165) is 27.3 Å². The van der Waals surface area contributed by atoms with Crippen molar-refractivity contribution in [3.05, 3.63) is 125 Å². The van der Waals surface area contributed by atoms with E-state index in [-0.39, 0.29) is 23.8 Å². The summed E-state index contributed by atoms with van der Waals surface area (Å²) in [6.07, 6.45) is 1.39. The number of rotatable bonds is 9. The minimum atomic E-state index is -0.840. The first-order valence-electron chi connectivity index (χ1n) is 13.5. The number of aryl methyl sites for hydroxylation is 2. The van der Waals surface area contributed by atoms with Gasteiger partial charge in [-0.25, -0.2) is 9.69 Å². The quantitative estimate of drug-likeness (QED) is 0.199. The maximum atomic E-state index is 13.3. The molecule has 0 aliphatic carbocycles. The molecule has 0 aromatic heterocycles. The number of anilines is 2. The molecular formula is C34H29N3O6. The topological polar surface area (TPSA) is 114 Å². The van der Waals surface area contributed by atoms with Crippen LogP contribution >= 0.6 is 0 Å². The van der Waals surface area contributed by atoms with Gasteiger partial charge in [0.1, 0.15) is 23.7 Å². The summed E-state index contributed by atoms with van der Waals surface area (Å²) in [5.74, 6) is -0.851. The average Bonchev–Trinajstić information content (AvgIpc) is 3.00. The van der Waals surface area contributed by atoms with Crippen molar-refractivity contribution in [1.82, 2.24) is 5.32 Å². The molecule has 0 spiro atoms. The number of hydrogen-bond donors (Lipinski definition) is 2. The highest BCUT2D eigenvalue weighted by Crippen LogP contribution is 2.25. The summed E-state index contributed by atoms with van der Waals surface area (Å²) in [7, 11) is 0. The van der Waals surface area contributed by atoms with Crippen LogP contribution in [0.25, 0.3) is 6.08 Å². The van der Waals surface area contributed by atoms with Gasteiger partial charge in [0, 0.05) is 5.69 Å². The predicted octanol–water partition coefficient (Wildman–Crippen LogP) is 5.57. The molecule has 1 heterocycles. The molecule has 0 atom stereocenters. The normalized spacial score (nSPS) is 14.0. The van der Waals surface area contributed by atoms with Crippen LogP contribution in [0.4, 0.5) is 16.2 Å². The zero-order chi connectivity index (χ0) is 30.3. The Labute approximate surface area is 248 Å². The number of hydrogen-bond acceptors (Lipinski definition) is 6. The van der Waals surface area contributed by atoms with Gasteiger partial charge in [-0.2, -0.15) is 0 Å². The number of ether oxygens (including phenoxy) is 2. The Bertz CT molecular complexity index is 1700. The van der Waals surface area contributed by atoms with Crippen LogP contribution in [0.3, 0.4) is 0 Å². The first-order chi connectivity index (χ1) is 20.8. The second-order valence-electron chi connectivity index (χ2n) is 9.95. The second kappa shape index (κ2) is 12.9. The lowest BCUT2D eigenvalue weighted by molar-refractivity contribution is -0.122. The number of benzene rings is 4. The Kier molecular flexibility index (Phi) is 8.62. The Morgan fingerprint density at radius 1 is 0.837 bits per heavy atom. The van der Waals surface area contributed by atoms with Crippen LogP contribution in [-0.4, -0.2) is 30.4 Å². The summed E-state index contributed by atoms with van der Waals surface area (Å²) < 4.78 is 11.4. The van der Waals surface area contributed by atoms with Crippen LogP contribution < -0.4 is 25.0 Å². The molecule has 1 fully saturated rings. The zero-order valence-corrected chi connectivity index (χ0v) is 23.6. The second-order valence-corrected chi connectivity index (χ2v) is 9.95. The Morgan fingerprint density at radius 3 is 2.23 bits per heavy atom. The van der Waals surface area contributed by atoms with Crippen molar-refractivity contribution >= 4 is 41.2 Å². The molecule has 4 aromatic rings. The Hall–Kier alpha value is -5.70. The molecule has 1 aliphatic heterocycles. The average molecular weight is 576 g/mol. The van der Waals surface area contributed by atoms with Crippen molar-refractivity contribution < 1.29 is 28.7 Å². The molecule has 9 heteroatoms. The molecule has 43 heavy (non-hydrogen) atoms. The van der Waals surface area contributed by atoms with Gasteiger partial charge in [-0.05, 0) is 84.6 Å². The van der Waals surface area contributed by atoms with Crippen molar-refractivity contribution in [2.75, 3.05) is 16.8 Å². The number of nitrogens with one attached hydrogen (secondary N) is 2. The van der Waals surface area contributed by atoms with E-state index in [1.165, 1.54) is 6.08 Å². The zero-order valence-electron chi connectivity index (χ0n) is 23.6. The molecule has 216 valence electrons. The molecule has 5 rings (SSSR count). The first-order valence-corrected chi connectivity index (χ1v) is 13.5.